The Morgan fingerprint density at radius 3 is 1.12 bits per heavy atom. The standard InChI is InChI=1S/C10H3F21NO6PS.2Li/c11-1(12,3(15,16)7(23,24)25)2(13,14)6(21,22)10(30,31)40(36,37)32-8(26,27)4(17,18)5(19,20)9(28,29)38-39(33,34)35;;/h32H,(H2,33,34,35);;/q;2*+1/p-2. The van der Waals surface area contributed by atoms with Crippen molar-refractivity contribution in [3.8, 4) is 0 Å². The summed E-state index contributed by atoms with van der Waals surface area (Å²) in [6, 6.07) is -8.20. The van der Waals surface area contributed by atoms with Gasteiger partial charge in [0.05, 0.1) is 7.82 Å². The number of halogens is 21. The minimum atomic E-state index is -9.22. The fourth-order valence-corrected chi connectivity index (χ4v) is 3.25. The molecule has 0 aromatic rings. The number of rotatable bonds is 12. The summed E-state index contributed by atoms with van der Waals surface area (Å²) >= 11 is 0. The fraction of sp³-hybridized carbons (Fsp3) is 1.00. The van der Waals surface area contributed by atoms with Crippen molar-refractivity contribution in [2.24, 2.45) is 0 Å². The first-order valence-corrected chi connectivity index (χ1v) is 10.8. The van der Waals surface area contributed by atoms with Gasteiger partial charge in [-0.05, 0) is 0 Å². The number of hydrogen-bond acceptors (Lipinski definition) is 6. The van der Waals surface area contributed by atoms with E-state index in [4.69, 9.17) is 0 Å². The molecule has 0 aromatic heterocycles. The summed E-state index contributed by atoms with van der Waals surface area (Å²) in [5.41, 5.74) is 0. The zero-order valence-corrected chi connectivity index (χ0v) is 20.5. The molecule has 0 aromatic carbocycles. The van der Waals surface area contributed by atoms with Crippen LogP contribution >= 0.6 is 7.82 Å². The molecule has 42 heavy (non-hydrogen) atoms. The Kier molecular flexibility index (Phi) is 13.0. The van der Waals surface area contributed by atoms with Gasteiger partial charge in [-0.3, -0.25) is 4.52 Å². The van der Waals surface area contributed by atoms with Crippen molar-refractivity contribution in [1.29, 1.82) is 0 Å². The molecule has 0 radical (unpaired) electrons. The molecule has 0 heterocycles. The summed E-state index contributed by atoms with van der Waals surface area (Å²) in [6.45, 7) is 0. The maximum Gasteiger partial charge on any atom is 1.00 e. The molecule has 1 N–H and O–H groups in total. The van der Waals surface area contributed by atoms with Gasteiger partial charge in [0.25, 0.3) is 10.0 Å². The molecular weight excluding hydrogens is 706 g/mol. The number of phosphoric acid groups is 1. The van der Waals surface area contributed by atoms with Gasteiger partial charge < -0.3 is 14.4 Å². The summed E-state index contributed by atoms with van der Waals surface area (Å²) in [5, 5.41) is -8.73. The van der Waals surface area contributed by atoms with Gasteiger partial charge in [-0.1, -0.05) is 0 Å². The normalized spacial score (nSPS) is 16.1. The van der Waals surface area contributed by atoms with Crippen molar-refractivity contribution in [1.82, 2.24) is 4.72 Å². The van der Waals surface area contributed by atoms with Gasteiger partial charge in [-0.15, -0.1) is 4.72 Å². The van der Waals surface area contributed by atoms with Gasteiger partial charge in [-0.2, -0.15) is 92.2 Å². The molecule has 0 aliphatic heterocycles. The maximum absolute atomic E-state index is 13.6. The van der Waals surface area contributed by atoms with E-state index in [-0.39, 0.29) is 37.7 Å². The zero-order valence-electron chi connectivity index (χ0n) is 18.7. The van der Waals surface area contributed by atoms with Gasteiger partial charge in [0.15, 0.2) is 0 Å². The van der Waals surface area contributed by atoms with Crippen LogP contribution in [-0.2, 0) is 19.1 Å². The average molecular weight is 707 g/mol. The van der Waals surface area contributed by atoms with Crippen LogP contribution in [0.3, 0.4) is 0 Å². The maximum atomic E-state index is 13.6. The van der Waals surface area contributed by atoms with Gasteiger partial charge in [-0.25, -0.2) is 8.42 Å². The van der Waals surface area contributed by atoms with Crippen LogP contribution < -0.4 is 52.2 Å². The van der Waals surface area contributed by atoms with Gasteiger partial charge >= 0.3 is 96.8 Å². The molecule has 0 fully saturated rings. The largest absolute Gasteiger partial charge is 1.00 e. The van der Waals surface area contributed by atoms with Gasteiger partial charge in [0, 0.05) is 0 Å². The second-order valence-corrected chi connectivity index (χ2v) is 9.50. The molecule has 0 saturated heterocycles. The Bertz CT molecular complexity index is 1120. The molecule has 0 unspecified atom stereocenters. The molecule has 0 aliphatic carbocycles. The van der Waals surface area contributed by atoms with E-state index in [1.165, 1.54) is 4.52 Å². The molecule has 0 saturated carbocycles. The van der Waals surface area contributed by atoms with E-state index in [1.807, 2.05) is 0 Å². The van der Waals surface area contributed by atoms with Crippen molar-refractivity contribution in [3.05, 3.63) is 0 Å². The number of phosphoric ester groups is 1. The SMILES string of the molecule is O=P([O-])([O-])OC(F)(F)C(F)(F)C(F)(F)C(F)(F)NS(=O)(=O)C(F)(F)C(F)(F)C(F)(F)C(F)(F)C(F)(F)C(F)(F)F.[Li+].[Li+]. The average Bonchev–Trinajstić information content (AvgIpc) is 2.62. The van der Waals surface area contributed by atoms with Gasteiger partial charge in [0.1, 0.15) is 0 Å². The Morgan fingerprint density at radius 1 is 0.524 bits per heavy atom. The number of alkyl halides is 21. The first-order chi connectivity index (χ1) is 16.7. The molecule has 0 aliphatic rings. The third-order valence-electron chi connectivity index (χ3n) is 3.89. The molecule has 0 rings (SSSR count). The topological polar surface area (TPSA) is 119 Å². The molecule has 32 heteroatoms. The summed E-state index contributed by atoms with van der Waals surface area (Å²) in [6.07, 6.45) is -15.8. The summed E-state index contributed by atoms with van der Waals surface area (Å²) in [4.78, 5) is 19.8. The van der Waals surface area contributed by atoms with Crippen molar-refractivity contribution < 1.29 is 157 Å². The van der Waals surface area contributed by atoms with Crippen LogP contribution in [0.1, 0.15) is 0 Å². The molecule has 242 valence electrons. The minimum Gasteiger partial charge on any atom is -0.790 e. The smallest absolute Gasteiger partial charge is 0.790 e. The molecule has 0 spiro atoms. The van der Waals surface area contributed by atoms with Crippen molar-refractivity contribution in [3.63, 3.8) is 0 Å². The summed E-state index contributed by atoms with van der Waals surface area (Å²) in [5.74, 6) is -52.2. The Hall–Kier alpha value is -0.255. The molecule has 0 amide bonds. The molecule has 0 bridgehead atoms. The van der Waals surface area contributed by atoms with Crippen molar-refractivity contribution in [2.75, 3.05) is 0 Å². The second kappa shape index (κ2) is 11.8. The first-order valence-electron chi connectivity index (χ1n) is 7.89. The predicted octanol–water partition coefficient (Wildman–Crippen LogP) is -2.09. The van der Waals surface area contributed by atoms with Crippen LogP contribution in [0.5, 0.6) is 0 Å². The van der Waals surface area contributed by atoms with E-state index in [0.717, 1.165) is 0 Å². The Balaban J connectivity index is -0.00000760. The van der Waals surface area contributed by atoms with Gasteiger partial charge in [0.2, 0.25) is 0 Å². The molecular formula is C10HF21Li2NO6PS. The van der Waals surface area contributed by atoms with Crippen LogP contribution in [0, 0.1) is 0 Å². The monoisotopic (exact) mass is 707 g/mol. The van der Waals surface area contributed by atoms with E-state index in [9.17, 15) is 115 Å². The third kappa shape index (κ3) is 6.94. The van der Waals surface area contributed by atoms with Crippen molar-refractivity contribution in [2.45, 2.75) is 59.1 Å². The summed E-state index contributed by atoms with van der Waals surface area (Å²) in [7, 11) is -16.8. The fourth-order valence-electron chi connectivity index (χ4n) is 1.80. The van der Waals surface area contributed by atoms with E-state index < -0.39 is 81.7 Å². The number of hydrogen-bond donors (Lipinski definition) is 1. The Morgan fingerprint density at radius 2 is 0.833 bits per heavy atom. The molecule has 7 nitrogen and oxygen atoms in total. The third-order valence-corrected chi connectivity index (χ3v) is 5.79. The second-order valence-electron chi connectivity index (χ2n) is 6.70. The zero-order chi connectivity index (χ0) is 33.4. The van der Waals surface area contributed by atoms with Crippen LogP contribution in [0.25, 0.3) is 0 Å². The number of sulfonamides is 1. The number of nitrogens with one attached hydrogen (secondary N) is 1. The first kappa shape index (κ1) is 46.2. The van der Waals surface area contributed by atoms with E-state index in [0.29, 0.717) is 0 Å². The quantitative estimate of drug-likeness (QED) is 0.108. The molecule has 0 atom stereocenters. The van der Waals surface area contributed by atoms with Crippen LogP contribution in [0.4, 0.5) is 92.2 Å². The predicted molar refractivity (Wildman–Crippen MR) is 71.3 cm³/mol. The van der Waals surface area contributed by atoms with Crippen LogP contribution in [-0.4, -0.2) is 67.5 Å². The van der Waals surface area contributed by atoms with Crippen molar-refractivity contribution >= 4 is 17.8 Å². The Labute approximate surface area is 239 Å². The van der Waals surface area contributed by atoms with Crippen LogP contribution in [0.2, 0.25) is 0 Å². The van der Waals surface area contributed by atoms with E-state index in [2.05, 4.69) is 0 Å². The minimum absolute atomic E-state index is 0. The van der Waals surface area contributed by atoms with Crippen LogP contribution in [0.15, 0.2) is 0 Å². The summed E-state index contributed by atoms with van der Waals surface area (Å²) < 4.78 is 305. The van der Waals surface area contributed by atoms with E-state index >= 15 is 0 Å². The van der Waals surface area contributed by atoms with E-state index in [1.54, 1.807) is 0 Å².